The fourth-order valence-corrected chi connectivity index (χ4v) is 4.28. The first-order valence-electron chi connectivity index (χ1n) is 6.64. The van der Waals surface area contributed by atoms with Crippen LogP contribution in [-0.4, -0.2) is 8.68 Å². The Labute approximate surface area is 120 Å². The van der Waals surface area contributed by atoms with Crippen LogP contribution in [0.15, 0.2) is 84.7 Å². The summed E-state index contributed by atoms with van der Waals surface area (Å²) >= 11 is 0. The van der Waals surface area contributed by atoms with Crippen LogP contribution in [0.2, 0.25) is 0 Å². The number of aromatic nitrogens is 2. The average molecular weight is 280 g/mol. The molecular formula is C17H17N2P. The summed E-state index contributed by atoms with van der Waals surface area (Å²) in [6.45, 7) is 2.21. The molecular weight excluding hydrogens is 263 g/mol. The van der Waals surface area contributed by atoms with Crippen LogP contribution in [0.3, 0.4) is 0 Å². The second-order valence-corrected chi connectivity index (χ2v) is 6.82. The summed E-state index contributed by atoms with van der Waals surface area (Å²) in [5.74, 6) is 0. The molecule has 3 aromatic rings. The molecule has 0 spiro atoms. The molecule has 0 unspecified atom stereocenters. The van der Waals surface area contributed by atoms with Gasteiger partial charge in [-0.05, 0) is 48.1 Å². The molecule has 0 saturated carbocycles. The van der Waals surface area contributed by atoms with E-state index < -0.39 is 8.22 Å². The van der Waals surface area contributed by atoms with Gasteiger partial charge in [-0.25, -0.2) is 0 Å². The number of hydrogen-bond donors (Lipinski definition) is 0. The molecule has 0 fully saturated rings. The fourth-order valence-electron chi connectivity index (χ4n) is 2.24. The first-order chi connectivity index (χ1) is 9.84. The standard InChI is InChI=1S/C17H17N2P/c1-16(15-17-9-3-2-4-10-17)20(18-11-5-6-12-18)19-13-7-8-14-19/h2-15H,1H3. The Kier molecular flexibility index (Phi) is 3.85. The predicted molar refractivity (Wildman–Crippen MR) is 86.7 cm³/mol. The molecule has 3 rings (SSSR count). The van der Waals surface area contributed by atoms with Crippen molar-refractivity contribution in [3.8, 4) is 0 Å². The van der Waals surface area contributed by atoms with Crippen LogP contribution in [-0.2, 0) is 0 Å². The van der Waals surface area contributed by atoms with Crippen molar-refractivity contribution in [3.05, 3.63) is 90.3 Å². The highest BCUT2D eigenvalue weighted by Crippen LogP contribution is 2.47. The Hall–Kier alpha value is -2.05. The van der Waals surface area contributed by atoms with E-state index in [4.69, 9.17) is 0 Å². The molecule has 0 radical (unpaired) electrons. The topological polar surface area (TPSA) is 9.86 Å². The average Bonchev–Trinajstić information content (AvgIpc) is 3.14. The molecule has 2 nitrogen and oxygen atoms in total. The molecule has 2 heterocycles. The van der Waals surface area contributed by atoms with Gasteiger partial charge in [0.25, 0.3) is 0 Å². The molecule has 2 aromatic heterocycles. The van der Waals surface area contributed by atoms with E-state index in [0.717, 1.165) is 0 Å². The second kappa shape index (κ2) is 5.94. The fraction of sp³-hybridized carbons (Fsp3) is 0.0588. The van der Waals surface area contributed by atoms with Crippen LogP contribution in [0, 0.1) is 0 Å². The van der Waals surface area contributed by atoms with Gasteiger partial charge in [-0.15, -0.1) is 0 Å². The van der Waals surface area contributed by atoms with Gasteiger partial charge >= 0.3 is 0 Å². The Bertz CT molecular complexity index is 633. The van der Waals surface area contributed by atoms with Crippen molar-refractivity contribution in [1.82, 2.24) is 8.68 Å². The highest BCUT2D eigenvalue weighted by atomic mass is 31.1. The normalized spacial score (nSPS) is 12.0. The minimum Gasteiger partial charge on any atom is -0.312 e. The molecule has 0 aliphatic heterocycles. The first-order valence-corrected chi connectivity index (χ1v) is 7.89. The zero-order valence-corrected chi connectivity index (χ0v) is 12.3. The van der Waals surface area contributed by atoms with Gasteiger partial charge in [0, 0.05) is 24.8 Å². The third-order valence-electron chi connectivity index (χ3n) is 3.11. The van der Waals surface area contributed by atoms with E-state index in [0.29, 0.717) is 0 Å². The molecule has 20 heavy (non-hydrogen) atoms. The van der Waals surface area contributed by atoms with Gasteiger partial charge < -0.3 is 8.68 Å². The van der Waals surface area contributed by atoms with Gasteiger partial charge in [0.15, 0.2) is 0 Å². The minimum absolute atomic E-state index is 0.567. The number of benzene rings is 1. The first kappa shape index (κ1) is 13.0. The lowest BCUT2D eigenvalue weighted by atomic mass is 10.2. The summed E-state index contributed by atoms with van der Waals surface area (Å²) in [6, 6.07) is 18.8. The van der Waals surface area contributed by atoms with E-state index in [-0.39, 0.29) is 0 Å². The quantitative estimate of drug-likeness (QED) is 0.591. The summed E-state index contributed by atoms with van der Waals surface area (Å²) in [7, 11) is -0.567. The maximum Gasteiger partial charge on any atom is 0.132 e. The van der Waals surface area contributed by atoms with E-state index in [1.807, 2.05) is 6.07 Å². The SMILES string of the molecule is CC(=Cc1ccccc1)P(n1cccc1)n1cccc1. The lowest BCUT2D eigenvalue weighted by Gasteiger charge is -2.21. The van der Waals surface area contributed by atoms with Crippen molar-refractivity contribution in [2.24, 2.45) is 0 Å². The molecule has 0 amide bonds. The number of hydrogen-bond acceptors (Lipinski definition) is 0. The molecule has 3 heteroatoms. The Morgan fingerprint density at radius 3 is 1.80 bits per heavy atom. The summed E-state index contributed by atoms with van der Waals surface area (Å²) in [4.78, 5) is 0. The Morgan fingerprint density at radius 1 is 0.800 bits per heavy atom. The maximum atomic E-state index is 2.28. The van der Waals surface area contributed by atoms with Crippen LogP contribution in [0.25, 0.3) is 6.08 Å². The van der Waals surface area contributed by atoms with Crippen molar-refractivity contribution >= 4 is 14.3 Å². The molecule has 1 aromatic carbocycles. The molecule has 0 atom stereocenters. The van der Waals surface area contributed by atoms with Gasteiger partial charge in [0.05, 0.1) is 0 Å². The monoisotopic (exact) mass is 280 g/mol. The summed E-state index contributed by atoms with van der Waals surface area (Å²) in [5.41, 5.74) is 1.25. The maximum absolute atomic E-state index is 2.28. The molecule has 100 valence electrons. The van der Waals surface area contributed by atoms with Crippen LogP contribution in [0.5, 0.6) is 0 Å². The van der Waals surface area contributed by atoms with E-state index in [1.54, 1.807) is 0 Å². The van der Waals surface area contributed by atoms with Crippen LogP contribution >= 0.6 is 8.22 Å². The summed E-state index contributed by atoms with van der Waals surface area (Å²) < 4.78 is 4.56. The van der Waals surface area contributed by atoms with E-state index in [1.165, 1.54) is 10.9 Å². The molecule has 0 bridgehead atoms. The van der Waals surface area contributed by atoms with Crippen molar-refractivity contribution in [2.75, 3.05) is 0 Å². The van der Waals surface area contributed by atoms with E-state index >= 15 is 0 Å². The van der Waals surface area contributed by atoms with Crippen LogP contribution in [0.4, 0.5) is 0 Å². The van der Waals surface area contributed by atoms with Crippen molar-refractivity contribution < 1.29 is 0 Å². The van der Waals surface area contributed by atoms with Gasteiger partial charge in [0.2, 0.25) is 0 Å². The lowest BCUT2D eigenvalue weighted by Crippen LogP contribution is -1.98. The van der Waals surface area contributed by atoms with E-state index in [9.17, 15) is 0 Å². The van der Waals surface area contributed by atoms with Crippen LogP contribution < -0.4 is 0 Å². The molecule has 0 aliphatic carbocycles. The third kappa shape index (κ3) is 2.76. The highest BCUT2D eigenvalue weighted by molar-refractivity contribution is 7.59. The van der Waals surface area contributed by atoms with Crippen molar-refractivity contribution in [1.29, 1.82) is 0 Å². The van der Waals surface area contributed by atoms with Crippen molar-refractivity contribution in [3.63, 3.8) is 0 Å². The second-order valence-electron chi connectivity index (χ2n) is 4.61. The van der Waals surface area contributed by atoms with E-state index in [2.05, 4.69) is 95.0 Å². The van der Waals surface area contributed by atoms with Crippen LogP contribution in [0.1, 0.15) is 12.5 Å². The number of nitrogens with zero attached hydrogens (tertiary/aromatic N) is 2. The minimum atomic E-state index is -0.567. The van der Waals surface area contributed by atoms with Gasteiger partial charge in [-0.2, -0.15) is 0 Å². The third-order valence-corrected chi connectivity index (χ3v) is 5.27. The van der Waals surface area contributed by atoms with Gasteiger partial charge in [-0.1, -0.05) is 30.3 Å². The van der Waals surface area contributed by atoms with Gasteiger partial charge in [-0.3, -0.25) is 0 Å². The number of rotatable bonds is 4. The largest absolute Gasteiger partial charge is 0.312 e. The molecule has 0 N–H and O–H groups in total. The Balaban J connectivity index is 2.00. The van der Waals surface area contributed by atoms with Gasteiger partial charge in [0.1, 0.15) is 8.22 Å². The Morgan fingerprint density at radius 2 is 1.30 bits per heavy atom. The summed E-state index contributed by atoms with van der Waals surface area (Å²) in [5, 5.41) is 1.36. The predicted octanol–water partition coefficient (Wildman–Crippen LogP) is 5.06. The number of allylic oxidation sites excluding steroid dienone is 1. The van der Waals surface area contributed by atoms with Crippen molar-refractivity contribution in [2.45, 2.75) is 6.92 Å². The lowest BCUT2D eigenvalue weighted by molar-refractivity contribution is 1.14. The molecule has 0 saturated heterocycles. The smallest absolute Gasteiger partial charge is 0.132 e. The molecule has 0 aliphatic rings. The highest BCUT2D eigenvalue weighted by Gasteiger charge is 2.13. The zero-order chi connectivity index (χ0) is 13.8. The zero-order valence-electron chi connectivity index (χ0n) is 11.4. The summed E-state index contributed by atoms with van der Waals surface area (Å²) in [6.07, 6.45) is 10.8.